The molecule has 0 saturated carbocycles. The lowest BCUT2D eigenvalue weighted by Gasteiger charge is -2.30. The lowest BCUT2D eigenvalue weighted by Crippen LogP contribution is -2.41. The van der Waals surface area contributed by atoms with Crippen LogP contribution in [-0.4, -0.2) is 36.7 Å². The molecule has 0 spiro atoms. The first-order valence-corrected chi connectivity index (χ1v) is 12.3. The van der Waals surface area contributed by atoms with Gasteiger partial charge in [0.15, 0.2) is 0 Å². The minimum atomic E-state index is -3.50. The van der Waals surface area contributed by atoms with Crippen molar-refractivity contribution in [3.05, 3.63) is 51.9 Å². The Balaban J connectivity index is 1.44. The van der Waals surface area contributed by atoms with Crippen LogP contribution in [0.15, 0.2) is 50.6 Å². The molecule has 6 nitrogen and oxygen atoms in total. The van der Waals surface area contributed by atoms with Gasteiger partial charge in [0, 0.05) is 30.6 Å². The summed E-state index contributed by atoms with van der Waals surface area (Å²) in [7, 11) is -3.50. The van der Waals surface area contributed by atoms with E-state index in [0.29, 0.717) is 30.1 Å². The van der Waals surface area contributed by atoms with Crippen molar-refractivity contribution in [2.45, 2.75) is 24.0 Å². The second-order valence-electron chi connectivity index (χ2n) is 7.06. The van der Waals surface area contributed by atoms with Crippen molar-refractivity contribution in [3.8, 4) is 0 Å². The van der Waals surface area contributed by atoms with Gasteiger partial charge in [-0.1, -0.05) is 6.07 Å². The number of carbonyl (C=O) groups excluding carboxylic acids is 1. The summed E-state index contributed by atoms with van der Waals surface area (Å²) in [6.45, 7) is 2.67. The number of hydrogen-bond acceptors (Lipinski definition) is 5. The van der Waals surface area contributed by atoms with Crippen LogP contribution in [0.2, 0.25) is 0 Å². The van der Waals surface area contributed by atoms with E-state index in [1.165, 1.54) is 15.6 Å². The van der Waals surface area contributed by atoms with Gasteiger partial charge in [-0.05, 0) is 71.6 Å². The molecule has 0 aliphatic carbocycles. The molecule has 1 aliphatic heterocycles. The third-order valence-corrected chi connectivity index (χ3v) is 9.19. The molecular formula is C20H20BrN3O3S2. The third kappa shape index (κ3) is 4.09. The first-order chi connectivity index (χ1) is 13.9. The largest absolute Gasteiger partial charge is 0.325 e. The van der Waals surface area contributed by atoms with Crippen LogP contribution in [-0.2, 0) is 14.8 Å². The Morgan fingerprint density at radius 3 is 2.66 bits per heavy atom. The molecule has 1 aromatic carbocycles. The summed E-state index contributed by atoms with van der Waals surface area (Å²) in [5, 5.41) is 3.93. The number of sulfonamides is 1. The monoisotopic (exact) mass is 493 g/mol. The third-order valence-electron chi connectivity index (χ3n) is 5.20. The van der Waals surface area contributed by atoms with Gasteiger partial charge in [-0.2, -0.15) is 4.31 Å². The number of nitrogens with one attached hydrogen (secondary N) is 1. The highest BCUT2D eigenvalue weighted by molar-refractivity contribution is 9.11. The van der Waals surface area contributed by atoms with Gasteiger partial charge in [-0.3, -0.25) is 9.78 Å². The molecule has 3 heterocycles. The predicted molar refractivity (Wildman–Crippen MR) is 119 cm³/mol. The van der Waals surface area contributed by atoms with Crippen LogP contribution in [0, 0.1) is 12.8 Å². The second kappa shape index (κ2) is 8.14. The van der Waals surface area contributed by atoms with E-state index in [4.69, 9.17) is 0 Å². The maximum Gasteiger partial charge on any atom is 0.252 e. The van der Waals surface area contributed by atoms with E-state index >= 15 is 0 Å². The Morgan fingerprint density at radius 1 is 1.21 bits per heavy atom. The fourth-order valence-corrected chi connectivity index (χ4v) is 7.21. The van der Waals surface area contributed by atoms with Crippen LogP contribution in [0.5, 0.6) is 0 Å². The van der Waals surface area contributed by atoms with Crippen molar-refractivity contribution < 1.29 is 13.2 Å². The van der Waals surface area contributed by atoms with Gasteiger partial charge < -0.3 is 5.32 Å². The maximum atomic E-state index is 12.8. The Kier molecular flexibility index (Phi) is 5.74. The van der Waals surface area contributed by atoms with Crippen LogP contribution in [0.1, 0.15) is 18.4 Å². The van der Waals surface area contributed by atoms with Crippen molar-refractivity contribution in [2.75, 3.05) is 18.4 Å². The zero-order chi connectivity index (χ0) is 20.6. The number of benzene rings is 1. The molecule has 0 unspecified atom stereocenters. The number of aromatic nitrogens is 1. The maximum absolute atomic E-state index is 12.8. The van der Waals surface area contributed by atoms with Gasteiger partial charge >= 0.3 is 0 Å². The zero-order valence-corrected chi connectivity index (χ0v) is 19.0. The standard InChI is InChI=1S/C20H20BrN3O3S2/c1-13-4-5-16(15-3-2-10-22-19(13)15)23-20(25)14-8-11-24(12-9-14)29(26,27)18-7-6-17(21)28-18/h2-7,10,14H,8-9,11-12H2,1H3,(H,23,25). The lowest BCUT2D eigenvalue weighted by molar-refractivity contribution is -0.120. The summed E-state index contributed by atoms with van der Waals surface area (Å²) in [5.41, 5.74) is 2.66. The molecule has 2 aromatic heterocycles. The van der Waals surface area contributed by atoms with Gasteiger partial charge in [0.1, 0.15) is 4.21 Å². The average Bonchev–Trinajstić information content (AvgIpc) is 3.17. The minimum absolute atomic E-state index is 0.0741. The molecule has 1 amide bonds. The number of hydrogen-bond donors (Lipinski definition) is 1. The number of thiophene rings is 1. The molecule has 9 heteroatoms. The van der Waals surface area contributed by atoms with E-state index in [9.17, 15) is 13.2 Å². The quantitative estimate of drug-likeness (QED) is 0.583. The van der Waals surface area contributed by atoms with Gasteiger partial charge in [0.2, 0.25) is 5.91 Å². The van der Waals surface area contributed by atoms with E-state index in [1.54, 1.807) is 18.3 Å². The first kappa shape index (κ1) is 20.5. The molecular weight excluding hydrogens is 474 g/mol. The van der Waals surface area contributed by atoms with Crippen LogP contribution in [0.3, 0.4) is 0 Å². The van der Waals surface area contributed by atoms with Crippen molar-refractivity contribution in [1.82, 2.24) is 9.29 Å². The Hall–Kier alpha value is -1.81. The van der Waals surface area contributed by atoms with Crippen molar-refractivity contribution in [3.63, 3.8) is 0 Å². The first-order valence-electron chi connectivity index (χ1n) is 9.27. The Labute approximate surface area is 182 Å². The van der Waals surface area contributed by atoms with Crippen molar-refractivity contribution >= 4 is 59.8 Å². The summed E-state index contributed by atoms with van der Waals surface area (Å²) in [4.78, 5) is 17.2. The van der Waals surface area contributed by atoms with Crippen LogP contribution in [0.4, 0.5) is 5.69 Å². The molecule has 1 fully saturated rings. The molecule has 1 saturated heterocycles. The highest BCUT2D eigenvalue weighted by Gasteiger charge is 2.33. The summed E-state index contributed by atoms with van der Waals surface area (Å²) in [5.74, 6) is -0.292. The molecule has 0 bridgehead atoms. The number of anilines is 1. The van der Waals surface area contributed by atoms with Crippen molar-refractivity contribution in [2.24, 2.45) is 5.92 Å². The SMILES string of the molecule is Cc1ccc(NC(=O)C2CCN(S(=O)(=O)c3ccc(Br)s3)CC2)c2cccnc12. The van der Waals surface area contributed by atoms with E-state index in [2.05, 4.69) is 26.2 Å². The lowest BCUT2D eigenvalue weighted by atomic mass is 9.97. The average molecular weight is 494 g/mol. The van der Waals surface area contributed by atoms with E-state index in [-0.39, 0.29) is 11.8 Å². The van der Waals surface area contributed by atoms with E-state index in [1.807, 2.05) is 31.2 Å². The number of fused-ring (bicyclic) bond motifs is 1. The molecule has 1 N–H and O–H groups in total. The fourth-order valence-electron chi connectivity index (χ4n) is 3.58. The number of halogens is 1. The number of aryl methyl sites for hydroxylation is 1. The number of nitrogens with zero attached hydrogens (tertiary/aromatic N) is 2. The molecule has 152 valence electrons. The van der Waals surface area contributed by atoms with Crippen LogP contribution < -0.4 is 5.32 Å². The van der Waals surface area contributed by atoms with Gasteiger partial charge in [0.25, 0.3) is 10.0 Å². The Bertz CT molecular complexity index is 1170. The van der Waals surface area contributed by atoms with Gasteiger partial charge in [-0.25, -0.2) is 8.42 Å². The smallest absolute Gasteiger partial charge is 0.252 e. The van der Waals surface area contributed by atoms with Crippen LogP contribution in [0.25, 0.3) is 10.9 Å². The topological polar surface area (TPSA) is 79.4 Å². The fraction of sp³-hybridized carbons (Fsp3) is 0.300. The molecule has 0 radical (unpaired) electrons. The summed E-state index contributed by atoms with van der Waals surface area (Å²) in [6, 6.07) is 11.0. The zero-order valence-electron chi connectivity index (χ0n) is 15.8. The van der Waals surface area contributed by atoms with Crippen LogP contribution >= 0.6 is 27.3 Å². The van der Waals surface area contributed by atoms with Crippen molar-refractivity contribution in [1.29, 1.82) is 0 Å². The van der Waals surface area contributed by atoms with Gasteiger partial charge in [0.05, 0.1) is 15.0 Å². The highest BCUT2D eigenvalue weighted by Crippen LogP contribution is 2.31. The molecule has 1 aliphatic rings. The number of amides is 1. The summed E-state index contributed by atoms with van der Waals surface area (Å²) in [6.07, 6.45) is 2.74. The van der Waals surface area contributed by atoms with E-state index in [0.717, 1.165) is 25.9 Å². The molecule has 29 heavy (non-hydrogen) atoms. The minimum Gasteiger partial charge on any atom is -0.325 e. The number of rotatable bonds is 4. The van der Waals surface area contributed by atoms with E-state index < -0.39 is 10.0 Å². The Morgan fingerprint density at radius 2 is 1.97 bits per heavy atom. The normalized spacial score (nSPS) is 16.2. The summed E-state index contributed by atoms with van der Waals surface area (Å²) < 4.78 is 28.1. The number of carbonyl (C=O) groups is 1. The highest BCUT2D eigenvalue weighted by atomic mass is 79.9. The molecule has 4 rings (SSSR count). The number of pyridine rings is 1. The van der Waals surface area contributed by atoms with Gasteiger partial charge in [-0.15, -0.1) is 11.3 Å². The second-order valence-corrected chi connectivity index (χ2v) is 11.7. The molecule has 3 aromatic rings. The molecule has 0 atom stereocenters. The predicted octanol–water partition coefficient (Wildman–Crippen LogP) is 4.41. The summed E-state index contributed by atoms with van der Waals surface area (Å²) >= 11 is 4.51. The number of piperidine rings is 1.